The summed E-state index contributed by atoms with van der Waals surface area (Å²) < 4.78 is 0. The van der Waals surface area contributed by atoms with Gasteiger partial charge in [-0.3, -0.25) is 5.01 Å². The van der Waals surface area contributed by atoms with E-state index in [2.05, 4.69) is 5.10 Å². The average Bonchev–Trinajstić information content (AvgIpc) is 2.10. The smallest absolute Gasteiger partial charge is 0.130 e. The molecule has 1 aliphatic rings. The van der Waals surface area contributed by atoms with Crippen LogP contribution in [0.25, 0.3) is 0 Å². The van der Waals surface area contributed by atoms with Gasteiger partial charge in [-0.1, -0.05) is 0 Å². The monoisotopic (exact) mass is 126 g/mol. The zero-order valence-electron chi connectivity index (χ0n) is 5.66. The van der Waals surface area contributed by atoms with Gasteiger partial charge in [0.15, 0.2) is 0 Å². The quantitative estimate of drug-likeness (QED) is 0.467. The van der Waals surface area contributed by atoms with Crippen LogP contribution in [0, 0.1) is 5.92 Å². The van der Waals surface area contributed by atoms with Gasteiger partial charge < -0.3 is 4.79 Å². The van der Waals surface area contributed by atoms with Crippen LogP contribution in [0.2, 0.25) is 0 Å². The molecule has 1 heterocycles. The van der Waals surface area contributed by atoms with Crippen molar-refractivity contribution in [2.45, 2.75) is 6.92 Å². The Labute approximate surface area is 54.3 Å². The second-order valence-electron chi connectivity index (χ2n) is 2.32. The van der Waals surface area contributed by atoms with Crippen LogP contribution in [0.4, 0.5) is 0 Å². The molecule has 0 saturated heterocycles. The molecule has 0 amide bonds. The van der Waals surface area contributed by atoms with Gasteiger partial charge in [-0.15, -0.1) is 0 Å². The van der Waals surface area contributed by atoms with Gasteiger partial charge in [0.1, 0.15) is 6.29 Å². The summed E-state index contributed by atoms with van der Waals surface area (Å²) in [5.41, 5.74) is 0.924. The van der Waals surface area contributed by atoms with Crippen LogP contribution in [-0.2, 0) is 4.79 Å². The lowest BCUT2D eigenvalue weighted by molar-refractivity contribution is -0.109. The molecule has 3 nitrogen and oxygen atoms in total. The van der Waals surface area contributed by atoms with E-state index in [1.165, 1.54) is 0 Å². The number of hydrazone groups is 1. The number of carbonyl (C=O) groups excluding carboxylic acids is 1. The number of hydrogen-bond acceptors (Lipinski definition) is 3. The fourth-order valence-corrected chi connectivity index (χ4v) is 0.943. The molecule has 0 radical (unpaired) electrons. The van der Waals surface area contributed by atoms with E-state index in [-0.39, 0.29) is 5.92 Å². The molecule has 0 aromatic rings. The van der Waals surface area contributed by atoms with E-state index in [1.54, 1.807) is 5.01 Å². The Balaban J connectivity index is 2.64. The molecule has 0 bridgehead atoms. The van der Waals surface area contributed by atoms with E-state index in [1.807, 2.05) is 14.0 Å². The van der Waals surface area contributed by atoms with Gasteiger partial charge in [-0.05, 0) is 6.92 Å². The van der Waals surface area contributed by atoms with E-state index in [4.69, 9.17) is 0 Å². The number of nitrogens with zero attached hydrogens (tertiary/aromatic N) is 2. The highest BCUT2D eigenvalue weighted by Crippen LogP contribution is 2.07. The molecular formula is C6H10N2O. The molecule has 0 aliphatic carbocycles. The van der Waals surface area contributed by atoms with Crippen molar-refractivity contribution in [2.75, 3.05) is 13.6 Å². The van der Waals surface area contributed by atoms with Crippen molar-refractivity contribution in [1.82, 2.24) is 5.01 Å². The summed E-state index contributed by atoms with van der Waals surface area (Å²) in [6, 6.07) is 0. The van der Waals surface area contributed by atoms with Crippen LogP contribution in [0.15, 0.2) is 5.10 Å². The zero-order valence-corrected chi connectivity index (χ0v) is 5.66. The van der Waals surface area contributed by atoms with E-state index < -0.39 is 0 Å². The molecule has 0 spiro atoms. The van der Waals surface area contributed by atoms with Gasteiger partial charge in [0.25, 0.3) is 0 Å². The van der Waals surface area contributed by atoms with Gasteiger partial charge in [0, 0.05) is 12.8 Å². The van der Waals surface area contributed by atoms with Gasteiger partial charge >= 0.3 is 0 Å². The standard InChI is InChI=1S/C6H10N2O/c1-5-6(4-9)3-8(2)7-5/h4,6H,3H2,1-2H3. The molecule has 3 heteroatoms. The van der Waals surface area contributed by atoms with Crippen molar-refractivity contribution < 1.29 is 4.79 Å². The Kier molecular flexibility index (Phi) is 1.51. The maximum Gasteiger partial charge on any atom is 0.130 e. The highest BCUT2D eigenvalue weighted by atomic mass is 16.1. The summed E-state index contributed by atoms with van der Waals surface area (Å²) in [6.07, 6.45) is 0.947. The third-order valence-corrected chi connectivity index (χ3v) is 1.49. The van der Waals surface area contributed by atoms with Crippen molar-refractivity contribution in [3.63, 3.8) is 0 Å². The van der Waals surface area contributed by atoms with Crippen LogP contribution in [0.1, 0.15) is 6.92 Å². The van der Waals surface area contributed by atoms with Crippen molar-refractivity contribution in [2.24, 2.45) is 11.0 Å². The van der Waals surface area contributed by atoms with E-state index >= 15 is 0 Å². The highest BCUT2D eigenvalue weighted by Gasteiger charge is 2.19. The first-order valence-corrected chi connectivity index (χ1v) is 2.95. The molecule has 1 unspecified atom stereocenters. The summed E-state index contributed by atoms with van der Waals surface area (Å²) in [4.78, 5) is 10.3. The largest absolute Gasteiger partial charge is 0.303 e. The third-order valence-electron chi connectivity index (χ3n) is 1.49. The molecule has 50 valence electrons. The molecular weight excluding hydrogens is 116 g/mol. The summed E-state index contributed by atoms with van der Waals surface area (Å²) in [7, 11) is 1.87. The molecule has 0 saturated carbocycles. The first-order chi connectivity index (χ1) is 4.24. The maximum absolute atomic E-state index is 10.3. The van der Waals surface area contributed by atoms with Crippen LogP contribution < -0.4 is 0 Å². The fourth-order valence-electron chi connectivity index (χ4n) is 0.943. The predicted molar refractivity (Wildman–Crippen MR) is 35.3 cm³/mol. The Morgan fingerprint density at radius 1 is 1.89 bits per heavy atom. The topological polar surface area (TPSA) is 32.7 Å². The SMILES string of the molecule is CC1=NN(C)CC1C=O. The molecule has 0 aromatic carbocycles. The van der Waals surface area contributed by atoms with Crippen molar-refractivity contribution >= 4 is 12.0 Å². The van der Waals surface area contributed by atoms with Crippen LogP contribution in [0.3, 0.4) is 0 Å². The van der Waals surface area contributed by atoms with Gasteiger partial charge in [0.05, 0.1) is 12.5 Å². The van der Waals surface area contributed by atoms with E-state index in [9.17, 15) is 4.79 Å². The van der Waals surface area contributed by atoms with Gasteiger partial charge in [0.2, 0.25) is 0 Å². The van der Waals surface area contributed by atoms with E-state index in [0.717, 1.165) is 18.5 Å². The fraction of sp³-hybridized carbons (Fsp3) is 0.667. The number of hydrogen-bond donors (Lipinski definition) is 0. The minimum absolute atomic E-state index is 0.0370. The predicted octanol–water partition coefficient (Wildman–Crippen LogP) is 0.123. The lowest BCUT2D eigenvalue weighted by atomic mass is 10.1. The Hall–Kier alpha value is -0.860. The average molecular weight is 126 g/mol. The summed E-state index contributed by atoms with van der Waals surface area (Å²) in [5, 5.41) is 5.85. The Morgan fingerprint density at radius 3 is 2.78 bits per heavy atom. The minimum Gasteiger partial charge on any atom is -0.303 e. The maximum atomic E-state index is 10.3. The minimum atomic E-state index is 0.0370. The van der Waals surface area contributed by atoms with Crippen molar-refractivity contribution in [1.29, 1.82) is 0 Å². The second kappa shape index (κ2) is 2.17. The molecule has 1 aliphatic heterocycles. The molecule has 1 rings (SSSR count). The lowest BCUT2D eigenvalue weighted by Crippen LogP contribution is -2.16. The first kappa shape index (κ1) is 6.26. The second-order valence-corrected chi connectivity index (χ2v) is 2.32. The Bertz CT molecular complexity index is 153. The van der Waals surface area contributed by atoms with Crippen LogP contribution >= 0.6 is 0 Å². The van der Waals surface area contributed by atoms with Crippen molar-refractivity contribution in [3.05, 3.63) is 0 Å². The van der Waals surface area contributed by atoms with Crippen LogP contribution in [0.5, 0.6) is 0 Å². The summed E-state index contributed by atoms with van der Waals surface area (Å²) in [6.45, 7) is 2.62. The molecule has 1 atom stereocenters. The molecule has 0 fully saturated rings. The number of carbonyl (C=O) groups is 1. The first-order valence-electron chi connectivity index (χ1n) is 2.95. The molecule has 0 aromatic heterocycles. The number of rotatable bonds is 1. The molecule has 9 heavy (non-hydrogen) atoms. The summed E-state index contributed by atoms with van der Waals surface area (Å²) >= 11 is 0. The zero-order chi connectivity index (χ0) is 6.85. The highest BCUT2D eigenvalue weighted by molar-refractivity contribution is 5.96. The third kappa shape index (κ3) is 1.09. The van der Waals surface area contributed by atoms with Gasteiger partial charge in [-0.25, -0.2) is 0 Å². The normalized spacial score (nSPS) is 26.2. The number of aldehydes is 1. The van der Waals surface area contributed by atoms with Crippen molar-refractivity contribution in [3.8, 4) is 0 Å². The van der Waals surface area contributed by atoms with Crippen LogP contribution in [-0.4, -0.2) is 30.6 Å². The van der Waals surface area contributed by atoms with E-state index in [0.29, 0.717) is 0 Å². The Morgan fingerprint density at radius 2 is 2.56 bits per heavy atom. The van der Waals surface area contributed by atoms with Gasteiger partial charge in [-0.2, -0.15) is 5.10 Å². The lowest BCUT2D eigenvalue weighted by Gasteiger charge is -2.03. The summed E-state index contributed by atoms with van der Waals surface area (Å²) in [5.74, 6) is 0.0370. The molecule has 0 N–H and O–H groups in total.